The van der Waals surface area contributed by atoms with Crippen LogP contribution in [0.2, 0.25) is 0 Å². The molecule has 0 unspecified atom stereocenters. The zero-order valence-electron chi connectivity index (χ0n) is 17.7. The number of phenolic OH excluding ortho intramolecular Hbond substituents is 2. The molecular weight excluding hydrogens is 372 g/mol. The summed E-state index contributed by atoms with van der Waals surface area (Å²) in [5, 5.41) is 29.1. The van der Waals surface area contributed by atoms with E-state index in [1.807, 2.05) is 26.8 Å². The van der Waals surface area contributed by atoms with Crippen LogP contribution >= 0.6 is 0 Å². The molecule has 0 heterocycles. The number of nitrogens with zero attached hydrogens (tertiary/aromatic N) is 2. The smallest absolute Gasteiger partial charge is 0.200 e. The van der Waals surface area contributed by atoms with Crippen molar-refractivity contribution >= 4 is 11.4 Å². The average molecular weight is 400 g/mol. The van der Waals surface area contributed by atoms with Crippen molar-refractivity contribution in [2.24, 2.45) is 10.2 Å². The molecule has 7 nitrogen and oxygen atoms in total. The van der Waals surface area contributed by atoms with Crippen molar-refractivity contribution in [1.82, 2.24) is 0 Å². The Hall–Kier alpha value is -3.22. The second kappa shape index (κ2) is 9.82. The first-order chi connectivity index (χ1) is 13.9. The largest absolute Gasteiger partial charge is 0.504 e. The summed E-state index contributed by atoms with van der Waals surface area (Å²) in [6.07, 6.45) is 1.27. The lowest BCUT2D eigenvalue weighted by Gasteiger charge is -2.12. The van der Waals surface area contributed by atoms with Crippen LogP contribution in [-0.4, -0.2) is 43.0 Å². The number of hydrogen-bond acceptors (Lipinski definition) is 7. The van der Waals surface area contributed by atoms with Gasteiger partial charge in [-0.1, -0.05) is 13.8 Å². The molecule has 29 heavy (non-hydrogen) atoms. The van der Waals surface area contributed by atoms with Gasteiger partial charge in [-0.2, -0.15) is 10.2 Å². The van der Waals surface area contributed by atoms with E-state index in [4.69, 9.17) is 14.2 Å². The highest BCUT2D eigenvalue weighted by Crippen LogP contribution is 2.37. The van der Waals surface area contributed by atoms with Gasteiger partial charge in [0, 0.05) is 11.1 Å². The number of benzene rings is 2. The molecule has 0 radical (unpaired) electrons. The molecule has 0 saturated carbocycles. The summed E-state index contributed by atoms with van der Waals surface area (Å²) in [7, 11) is 4.48. The SMILES string of the molecule is CCC(=NN=C(CC)c1cc(OC)c(O)c(OC)c1)c1cc(C)c(O)c(OC)c1. The first kappa shape index (κ1) is 22.1. The summed E-state index contributed by atoms with van der Waals surface area (Å²) in [5.41, 5.74) is 3.76. The van der Waals surface area contributed by atoms with Crippen LogP contribution in [-0.2, 0) is 0 Å². The minimum Gasteiger partial charge on any atom is -0.504 e. The Morgan fingerprint density at radius 3 is 1.48 bits per heavy atom. The van der Waals surface area contributed by atoms with E-state index in [1.165, 1.54) is 21.3 Å². The molecule has 2 N–H and O–H groups in total. The Balaban J connectivity index is 2.52. The van der Waals surface area contributed by atoms with E-state index >= 15 is 0 Å². The molecule has 156 valence electrons. The first-order valence-corrected chi connectivity index (χ1v) is 9.36. The van der Waals surface area contributed by atoms with Gasteiger partial charge in [0.25, 0.3) is 0 Å². The second-order valence-electron chi connectivity index (χ2n) is 6.37. The highest BCUT2D eigenvalue weighted by molar-refractivity contribution is 6.04. The van der Waals surface area contributed by atoms with Gasteiger partial charge in [0.15, 0.2) is 23.0 Å². The van der Waals surface area contributed by atoms with E-state index in [9.17, 15) is 10.2 Å². The Morgan fingerprint density at radius 2 is 1.10 bits per heavy atom. The summed E-state index contributed by atoms with van der Waals surface area (Å²) in [6.45, 7) is 5.77. The molecule has 0 aliphatic heterocycles. The predicted octanol–water partition coefficient (Wildman–Crippen LogP) is 4.45. The van der Waals surface area contributed by atoms with Gasteiger partial charge in [-0.05, 0) is 49.6 Å². The fraction of sp³-hybridized carbons (Fsp3) is 0.364. The second-order valence-corrected chi connectivity index (χ2v) is 6.37. The van der Waals surface area contributed by atoms with Gasteiger partial charge >= 0.3 is 0 Å². The molecule has 2 rings (SSSR count). The van der Waals surface area contributed by atoms with Gasteiger partial charge in [0.05, 0.1) is 32.8 Å². The maximum atomic E-state index is 10.1. The molecule has 0 saturated heterocycles. The molecule has 0 amide bonds. The monoisotopic (exact) mass is 400 g/mol. The molecule has 7 heteroatoms. The molecule has 0 aromatic heterocycles. The minimum atomic E-state index is -0.0568. The number of aryl methyl sites for hydroxylation is 1. The minimum absolute atomic E-state index is 0.0568. The van der Waals surface area contributed by atoms with Gasteiger partial charge < -0.3 is 24.4 Å². The topological polar surface area (TPSA) is 92.9 Å². The molecule has 2 aromatic rings. The lowest BCUT2D eigenvalue weighted by Crippen LogP contribution is -2.04. The summed E-state index contributed by atoms with van der Waals surface area (Å²) < 4.78 is 15.7. The van der Waals surface area contributed by atoms with Crippen molar-refractivity contribution in [3.8, 4) is 28.7 Å². The van der Waals surface area contributed by atoms with Crippen molar-refractivity contribution in [3.63, 3.8) is 0 Å². The zero-order valence-corrected chi connectivity index (χ0v) is 17.7. The van der Waals surface area contributed by atoms with Crippen molar-refractivity contribution in [2.75, 3.05) is 21.3 Å². The highest BCUT2D eigenvalue weighted by Gasteiger charge is 2.15. The third-order valence-corrected chi connectivity index (χ3v) is 4.59. The normalized spacial score (nSPS) is 12.1. The Labute approximate surface area is 171 Å². The quantitative estimate of drug-likeness (QED) is 0.505. The molecule has 0 aliphatic carbocycles. The van der Waals surface area contributed by atoms with E-state index in [0.717, 1.165) is 22.6 Å². The third kappa shape index (κ3) is 4.80. The lowest BCUT2D eigenvalue weighted by molar-refractivity contribution is 0.340. The standard InChI is InChI=1S/C22H28N2O5/c1-7-16(14-9-13(3)21(25)18(10-14)27-4)23-24-17(8-2)15-11-19(28-5)22(26)20(12-15)29-6/h9-12,25-26H,7-8H2,1-6H3. The molecule has 0 bridgehead atoms. The lowest BCUT2D eigenvalue weighted by atomic mass is 10.0. The summed E-state index contributed by atoms with van der Waals surface area (Å²) >= 11 is 0. The summed E-state index contributed by atoms with van der Waals surface area (Å²) in [4.78, 5) is 0. The van der Waals surface area contributed by atoms with Gasteiger partial charge in [-0.15, -0.1) is 0 Å². The predicted molar refractivity (Wildman–Crippen MR) is 114 cm³/mol. The highest BCUT2D eigenvalue weighted by atomic mass is 16.5. The zero-order chi connectivity index (χ0) is 21.6. The Morgan fingerprint density at radius 1 is 0.724 bits per heavy atom. The van der Waals surface area contributed by atoms with Crippen molar-refractivity contribution in [1.29, 1.82) is 0 Å². The van der Waals surface area contributed by atoms with E-state index in [2.05, 4.69) is 10.2 Å². The third-order valence-electron chi connectivity index (χ3n) is 4.59. The van der Waals surface area contributed by atoms with Crippen LogP contribution in [0.5, 0.6) is 28.7 Å². The average Bonchev–Trinajstić information content (AvgIpc) is 2.73. The van der Waals surface area contributed by atoms with Gasteiger partial charge in [0.2, 0.25) is 5.75 Å². The number of hydrogen-bond donors (Lipinski definition) is 2. The van der Waals surface area contributed by atoms with Crippen LogP contribution in [0.4, 0.5) is 0 Å². The Bertz CT molecular complexity index is 910. The fourth-order valence-electron chi connectivity index (χ4n) is 2.92. The van der Waals surface area contributed by atoms with Crippen LogP contribution in [0.15, 0.2) is 34.5 Å². The maximum Gasteiger partial charge on any atom is 0.200 e. The van der Waals surface area contributed by atoms with Crippen LogP contribution in [0.25, 0.3) is 0 Å². The number of methoxy groups -OCH3 is 3. The first-order valence-electron chi connectivity index (χ1n) is 9.36. The van der Waals surface area contributed by atoms with Crippen LogP contribution < -0.4 is 14.2 Å². The number of phenols is 2. The fourth-order valence-corrected chi connectivity index (χ4v) is 2.92. The van der Waals surface area contributed by atoms with Gasteiger partial charge in [-0.25, -0.2) is 0 Å². The van der Waals surface area contributed by atoms with Crippen LogP contribution in [0.1, 0.15) is 43.4 Å². The number of rotatable bonds is 8. The molecule has 0 fully saturated rings. The van der Waals surface area contributed by atoms with Crippen molar-refractivity contribution in [3.05, 3.63) is 41.0 Å². The number of aromatic hydroxyl groups is 2. The van der Waals surface area contributed by atoms with Gasteiger partial charge in [-0.3, -0.25) is 0 Å². The molecule has 0 spiro atoms. The Kier molecular flexibility index (Phi) is 7.47. The van der Waals surface area contributed by atoms with Crippen molar-refractivity contribution in [2.45, 2.75) is 33.6 Å². The van der Waals surface area contributed by atoms with Crippen LogP contribution in [0.3, 0.4) is 0 Å². The van der Waals surface area contributed by atoms with E-state index in [-0.39, 0.29) is 11.5 Å². The summed E-state index contributed by atoms with van der Waals surface area (Å²) in [5.74, 6) is 1.07. The van der Waals surface area contributed by atoms with Crippen LogP contribution in [0, 0.1) is 6.92 Å². The maximum absolute atomic E-state index is 10.1. The van der Waals surface area contributed by atoms with Gasteiger partial charge in [0.1, 0.15) is 0 Å². The number of ether oxygens (including phenoxy) is 3. The molecule has 0 aliphatic rings. The summed E-state index contributed by atoms with van der Waals surface area (Å²) in [6, 6.07) is 7.01. The van der Waals surface area contributed by atoms with Crippen molar-refractivity contribution < 1.29 is 24.4 Å². The van der Waals surface area contributed by atoms with E-state index in [1.54, 1.807) is 18.2 Å². The van der Waals surface area contributed by atoms with E-state index < -0.39 is 0 Å². The molecular formula is C22H28N2O5. The van der Waals surface area contributed by atoms with E-state index in [0.29, 0.717) is 35.7 Å². The molecule has 0 atom stereocenters. The molecule has 2 aromatic carbocycles.